The first-order chi connectivity index (χ1) is 12.6. The number of nitro groups is 1. The Morgan fingerprint density at radius 1 is 1.48 bits per heavy atom. The van der Waals surface area contributed by atoms with Gasteiger partial charge in [0.15, 0.2) is 5.75 Å². The number of ether oxygens (including phenoxy) is 1. The van der Waals surface area contributed by atoms with Gasteiger partial charge in [-0.05, 0) is 25.2 Å². The van der Waals surface area contributed by atoms with Crippen LogP contribution in [-0.2, 0) is 5.41 Å². The highest BCUT2D eigenvalue weighted by Gasteiger charge is 2.22. The van der Waals surface area contributed by atoms with Gasteiger partial charge in [0, 0.05) is 17.0 Å². The van der Waals surface area contributed by atoms with Crippen molar-refractivity contribution in [1.82, 2.24) is 14.9 Å². The van der Waals surface area contributed by atoms with Crippen molar-refractivity contribution in [1.29, 1.82) is 0 Å². The number of phenols is 1. The SMILES string of the molecule is CCOc1cc(/C=N\n2c(=S)[nH]nc(C(C)(C)C)c2=O)cc([N+](=O)[O-])c1O. The maximum Gasteiger partial charge on any atom is 0.315 e. The molecule has 0 aliphatic rings. The molecule has 0 saturated carbocycles. The van der Waals surface area contributed by atoms with E-state index in [2.05, 4.69) is 15.3 Å². The lowest BCUT2D eigenvalue weighted by molar-refractivity contribution is -0.386. The van der Waals surface area contributed by atoms with Crippen LogP contribution in [0.3, 0.4) is 0 Å². The van der Waals surface area contributed by atoms with Crippen LogP contribution in [0.15, 0.2) is 22.0 Å². The van der Waals surface area contributed by atoms with Crippen molar-refractivity contribution in [3.8, 4) is 11.5 Å². The number of hydrogen-bond donors (Lipinski definition) is 2. The summed E-state index contributed by atoms with van der Waals surface area (Å²) in [4.78, 5) is 23.0. The van der Waals surface area contributed by atoms with Crippen LogP contribution in [0.25, 0.3) is 0 Å². The van der Waals surface area contributed by atoms with Crippen molar-refractivity contribution in [2.24, 2.45) is 5.10 Å². The van der Waals surface area contributed by atoms with Gasteiger partial charge in [0.1, 0.15) is 5.69 Å². The zero-order chi connectivity index (χ0) is 20.4. The van der Waals surface area contributed by atoms with Gasteiger partial charge < -0.3 is 9.84 Å². The number of benzene rings is 1. The third-order valence-corrected chi connectivity index (χ3v) is 3.72. The first-order valence-electron chi connectivity index (χ1n) is 7.97. The summed E-state index contributed by atoms with van der Waals surface area (Å²) in [5.41, 5.74) is -1.09. The number of H-pyrrole nitrogens is 1. The number of aromatic nitrogens is 3. The molecule has 2 N–H and O–H groups in total. The maximum atomic E-state index is 12.6. The molecule has 2 aromatic rings. The fraction of sp³-hybridized carbons (Fsp3) is 0.375. The Balaban J connectivity index is 2.58. The van der Waals surface area contributed by atoms with Crippen molar-refractivity contribution in [3.63, 3.8) is 0 Å². The minimum absolute atomic E-state index is 0.0254. The Bertz CT molecular complexity index is 1020. The highest BCUT2D eigenvalue weighted by Crippen LogP contribution is 2.36. The molecule has 1 aromatic carbocycles. The van der Waals surface area contributed by atoms with Gasteiger partial charge in [0.05, 0.1) is 17.7 Å². The third kappa shape index (κ3) is 4.37. The van der Waals surface area contributed by atoms with Crippen molar-refractivity contribution < 1.29 is 14.8 Å². The van der Waals surface area contributed by atoms with Crippen molar-refractivity contribution in [3.05, 3.63) is 48.6 Å². The summed E-state index contributed by atoms with van der Waals surface area (Å²) in [5.74, 6) is -0.636. The van der Waals surface area contributed by atoms with Crippen molar-refractivity contribution >= 4 is 24.1 Å². The molecule has 144 valence electrons. The molecular weight excluding hydrogens is 374 g/mol. The molecule has 10 nitrogen and oxygen atoms in total. The van der Waals surface area contributed by atoms with E-state index in [9.17, 15) is 20.0 Å². The minimum Gasteiger partial charge on any atom is -0.500 e. The van der Waals surface area contributed by atoms with E-state index in [1.54, 1.807) is 6.92 Å². The quantitative estimate of drug-likeness (QED) is 0.345. The lowest BCUT2D eigenvalue weighted by Gasteiger charge is -2.16. The minimum atomic E-state index is -0.738. The topological polar surface area (TPSA) is 136 Å². The molecular formula is C16H19N5O5S. The number of aromatic amines is 1. The summed E-state index contributed by atoms with van der Waals surface area (Å²) in [7, 11) is 0. The smallest absolute Gasteiger partial charge is 0.315 e. The molecule has 11 heteroatoms. The monoisotopic (exact) mass is 393 g/mol. The maximum absolute atomic E-state index is 12.6. The van der Waals surface area contributed by atoms with Gasteiger partial charge in [0.25, 0.3) is 5.56 Å². The second kappa shape index (κ2) is 7.66. The van der Waals surface area contributed by atoms with Crippen molar-refractivity contribution in [2.45, 2.75) is 33.1 Å². The van der Waals surface area contributed by atoms with Crippen LogP contribution in [0.1, 0.15) is 39.0 Å². The van der Waals surface area contributed by atoms with Crippen LogP contribution in [-0.4, -0.2) is 37.7 Å². The number of hydrogen-bond acceptors (Lipinski definition) is 8. The first kappa shape index (κ1) is 20.2. The molecule has 1 aromatic heterocycles. The standard InChI is InChI=1S/C16H19N5O5S/c1-5-26-11-7-9(6-10(12(11)22)21(24)25)8-17-20-14(23)13(16(2,3)4)18-19-15(20)27/h6-8,22H,5H2,1-4H3,(H,19,27)/b17-8-. The van der Waals surface area contributed by atoms with Crippen LogP contribution in [0.4, 0.5) is 5.69 Å². The number of phenolic OH excluding ortho intramolecular Hbond substituents is 1. The first-order valence-corrected chi connectivity index (χ1v) is 8.37. The zero-order valence-corrected chi connectivity index (χ0v) is 16.0. The molecule has 0 aliphatic heterocycles. The number of rotatable bonds is 5. The van der Waals surface area contributed by atoms with E-state index >= 15 is 0 Å². The average Bonchev–Trinajstić information content (AvgIpc) is 2.55. The lowest BCUT2D eigenvalue weighted by Crippen LogP contribution is -2.32. The second-order valence-electron chi connectivity index (χ2n) is 6.57. The number of nitro benzene ring substituents is 1. The largest absolute Gasteiger partial charge is 0.500 e. The molecule has 0 fully saturated rings. The van der Waals surface area contributed by atoms with Gasteiger partial charge in [-0.25, -0.2) is 0 Å². The molecule has 0 saturated heterocycles. The molecule has 0 aliphatic carbocycles. The van der Waals surface area contributed by atoms with Crippen molar-refractivity contribution in [2.75, 3.05) is 6.61 Å². The van der Waals surface area contributed by atoms with Crippen LogP contribution in [0.2, 0.25) is 0 Å². The van der Waals surface area contributed by atoms with E-state index in [0.717, 1.165) is 10.7 Å². The second-order valence-corrected chi connectivity index (χ2v) is 6.95. The number of nitrogens with one attached hydrogen (secondary N) is 1. The predicted molar refractivity (Wildman–Crippen MR) is 101 cm³/mol. The van der Waals surface area contributed by atoms with Gasteiger partial charge in [-0.3, -0.25) is 20.0 Å². The fourth-order valence-corrected chi connectivity index (χ4v) is 2.38. The van der Waals surface area contributed by atoms with Gasteiger partial charge >= 0.3 is 5.69 Å². The summed E-state index contributed by atoms with van der Waals surface area (Å²) < 4.78 is 6.13. The van der Waals surface area contributed by atoms with Gasteiger partial charge in [0.2, 0.25) is 10.5 Å². The Morgan fingerprint density at radius 3 is 2.70 bits per heavy atom. The van der Waals surface area contributed by atoms with Gasteiger partial charge in [-0.1, -0.05) is 20.8 Å². The molecule has 1 heterocycles. The Morgan fingerprint density at radius 2 is 2.15 bits per heavy atom. The normalized spacial score (nSPS) is 11.7. The molecule has 27 heavy (non-hydrogen) atoms. The van der Waals surface area contributed by atoms with E-state index in [-0.39, 0.29) is 28.4 Å². The fourth-order valence-electron chi connectivity index (χ4n) is 2.20. The van der Waals surface area contributed by atoms with E-state index in [1.165, 1.54) is 12.3 Å². The van der Waals surface area contributed by atoms with E-state index < -0.39 is 27.3 Å². The lowest BCUT2D eigenvalue weighted by atomic mass is 9.93. The van der Waals surface area contributed by atoms with Crippen LogP contribution in [0, 0.1) is 14.9 Å². The van der Waals surface area contributed by atoms with E-state index in [0.29, 0.717) is 0 Å². The van der Waals surface area contributed by atoms with E-state index in [1.807, 2.05) is 20.8 Å². The summed E-state index contributed by atoms with van der Waals surface area (Å²) in [6, 6.07) is 2.49. The third-order valence-electron chi connectivity index (χ3n) is 3.46. The van der Waals surface area contributed by atoms with Crippen LogP contribution < -0.4 is 10.3 Å². The highest BCUT2D eigenvalue weighted by atomic mass is 32.1. The van der Waals surface area contributed by atoms with Crippen LogP contribution >= 0.6 is 12.2 Å². The predicted octanol–water partition coefficient (Wildman–Crippen LogP) is 2.49. The van der Waals surface area contributed by atoms with E-state index in [4.69, 9.17) is 17.0 Å². The Kier molecular flexibility index (Phi) is 5.74. The molecule has 0 bridgehead atoms. The van der Waals surface area contributed by atoms with Gasteiger partial charge in [-0.15, -0.1) is 0 Å². The summed E-state index contributed by atoms with van der Waals surface area (Å²) >= 11 is 5.05. The summed E-state index contributed by atoms with van der Waals surface area (Å²) in [6.45, 7) is 7.34. The Labute approximate surface area is 159 Å². The number of aromatic hydroxyl groups is 1. The molecule has 2 rings (SSSR count). The summed E-state index contributed by atoms with van der Waals surface area (Å²) in [5, 5.41) is 31.6. The van der Waals surface area contributed by atoms with Crippen LogP contribution in [0.5, 0.6) is 11.5 Å². The van der Waals surface area contributed by atoms with Gasteiger partial charge in [-0.2, -0.15) is 14.9 Å². The zero-order valence-electron chi connectivity index (χ0n) is 15.2. The Hall–Kier alpha value is -3.08. The molecule has 0 atom stereocenters. The summed E-state index contributed by atoms with van der Waals surface area (Å²) in [6.07, 6.45) is 1.21. The molecule has 0 amide bonds. The molecule has 0 spiro atoms. The molecule has 0 radical (unpaired) electrons. The highest BCUT2D eigenvalue weighted by molar-refractivity contribution is 7.71. The average molecular weight is 393 g/mol. The molecule has 0 unspecified atom stereocenters. The number of nitrogens with zero attached hydrogens (tertiary/aromatic N) is 4.